The lowest BCUT2D eigenvalue weighted by Gasteiger charge is -2.28. The maximum atomic E-state index is 12.3. The molecule has 0 unspecified atom stereocenters. The first-order valence-electron chi connectivity index (χ1n) is 6.27. The van der Waals surface area contributed by atoms with E-state index in [1.54, 1.807) is 44.2 Å². The Morgan fingerprint density at radius 3 is 2.22 bits per heavy atom. The zero-order chi connectivity index (χ0) is 13.8. The van der Waals surface area contributed by atoms with E-state index in [1.807, 2.05) is 6.92 Å². The molecule has 1 atom stereocenters. The highest BCUT2D eigenvalue weighted by molar-refractivity contribution is 7.91. The van der Waals surface area contributed by atoms with Gasteiger partial charge in [0.1, 0.15) is 0 Å². The summed E-state index contributed by atoms with van der Waals surface area (Å²) in [5, 5.41) is 10.1. The van der Waals surface area contributed by atoms with Gasteiger partial charge in [0.2, 0.25) is 0 Å². The van der Waals surface area contributed by atoms with Crippen molar-refractivity contribution < 1.29 is 13.5 Å². The second-order valence-corrected chi connectivity index (χ2v) is 7.27. The second kappa shape index (κ2) is 5.85. The Bertz CT molecular complexity index is 458. The van der Waals surface area contributed by atoms with Crippen molar-refractivity contribution in [3.63, 3.8) is 0 Å². The summed E-state index contributed by atoms with van der Waals surface area (Å²) in [6, 6.07) is 8.42. The van der Waals surface area contributed by atoms with Crippen LogP contribution in [0.3, 0.4) is 0 Å². The van der Waals surface area contributed by atoms with Gasteiger partial charge in [0.15, 0.2) is 9.84 Å². The van der Waals surface area contributed by atoms with Gasteiger partial charge >= 0.3 is 0 Å². The third kappa shape index (κ3) is 4.10. The minimum atomic E-state index is -3.32. The Morgan fingerprint density at radius 1 is 1.22 bits per heavy atom. The second-order valence-electron chi connectivity index (χ2n) is 5.23. The molecule has 0 saturated carbocycles. The summed E-state index contributed by atoms with van der Waals surface area (Å²) in [6.07, 6.45) is 1.56. The van der Waals surface area contributed by atoms with E-state index in [9.17, 15) is 13.5 Å². The molecule has 0 aliphatic rings. The molecule has 1 aromatic carbocycles. The van der Waals surface area contributed by atoms with E-state index in [1.165, 1.54) is 0 Å². The van der Waals surface area contributed by atoms with Crippen LogP contribution in [0, 0.1) is 5.92 Å². The third-order valence-electron chi connectivity index (χ3n) is 3.16. The average Bonchev–Trinajstić information content (AvgIpc) is 2.28. The van der Waals surface area contributed by atoms with Crippen molar-refractivity contribution >= 4 is 9.84 Å². The Kier molecular flexibility index (Phi) is 4.93. The van der Waals surface area contributed by atoms with Gasteiger partial charge in [-0.3, -0.25) is 0 Å². The summed E-state index contributed by atoms with van der Waals surface area (Å²) in [7, 11) is -3.32. The van der Waals surface area contributed by atoms with Gasteiger partial charge in [-0.25, -0.2) is 8.42 Å². The van der Waals surface area contributed by atoms with Crippen LogP contribution in [0.15, 0.2) is 35.2 Å². The summed E-state index contributed by atoms with van der Waals surface area (Å²) >= 11 is 0. The standard InChI is InChI=1S/C14H22O3S/c1-4-8-12(14(2,3)15)11-18(16,17)13-9-6-5-7-10-13/h5-7,9-10,12,15H,4,8,11H2,1-3H3/t12-/m0/s1. The van der Waals surface area contributed by atoms with Crippen molar-refractivity contribution in [2.24, 2.45) is 5.92 Å². The lowest BCUT2D eigenvalue weighted by molar-refractivity contribution is 0.0224. The van der Waals surface area contributed by atoms with Crippen LogP contribution in [0.1, 0.15) is 33.6 Å². The molecule has 0 aromatic heterocycles. The molecule has 1 rings (SSSR count). The molecule has 0 fully saturated rings. The van der Waals surface area contributed by atoms with Crippen molar-refractivity contribution in [2.45, 2.75) is 44.1 Å². The first kappa shape index (κ1) is 15.2. The summed E-state index contributed by atoms with van der Waals surface area (Å²) in [6.45, 7) is 5.34. The number of hydrogen-bond donors (Lipinski definition) is 1. The molecule has 0 bridgehead atoms. The molecule has 0 spiro atoms. The van der Waals surface area contributed by atoms with Crippen molar-refractivity contribution in [1.29, 1.82) is 0 Å². The maximum Gasteiger partial charge on any atom is 0.178 e. The highest BCUT2D eigenvalue weighted by atomic mass is 32.2. The van der Waals surface area contributed by atoms with E-state index in [0.29, 0.717) is 11.3 Å². The van der Waals surface area contributed by atoms with E-state index in [-0.39, 0.29) is 11.7 Å². The van der Waals surface area contributed by atoms with Crippen molar-refractivity contribution in [1.82, 2.24) is 0 Å². The highest BCUT2D eigenvalue weighted by Crippen LogP contribution is 2.26. The number of rotatable bonds is 6. The molecule has 0 saturated heterocycles. The van der Waals surface area contributed by atoms with Gasteiger partial charge in [-0.1, -0.05) is 31.5 Å². The smallest absolute Gasteiger partial charge is 0.178 e. The molecule has 1 aromatic rings. The fourth-order valence-electron chi connectivity index (χ4n) is 1.98. The summed E-state index contributed by atoms with van der Waals surface area (Å²) < 4.78 is 24.5. The maximum absolute atomic E-state index is 12.3. The predicted molar refractivity (Wildman–Crippen MR) is 73.2 cm³/mol. The molecule has 0 heterocycles. The fourth-order valence-corrected chi connectivity index (χ4v) is 3.85. The van der Waals surface area contributed by atoms with Crippen LogP contribution in [0.25, 0.3) is 0 Å². The SMILES string of the molecule is CCC[C@@H](CS(=O)(=O)c1ccccc1)C(C)(C)O. The Hall–Kier alpha value is -0.870. The van der Waals surface area contributed by atoms with Crippen LogP contribution in [-0.2, 0) is 9.84 Å². The van der Waals surface area contributed by atoms with Crippen molar-refractivity contribution in [3.05, 3.63) is 30.3 Å². The van der Waals surface area contributed by atoms with Crippen LogP contribution >= 0.6 is 0 Å². The number of hydrogen-bond acceptors (Lipinski definition) is 3. The lowest BCUT2D eigenvalue weighted by atomic mass is 9.89. The van der Waals surface area contributed by atoms with E-state index < -0.39 is 15.4 Å². The normalized spacial score (nSPS) is 14.4. The Morgan fingerprint density at radius 2 is 1.78 bits per heavy atom. The largest absolute Gasteiger partial charge is 0.390 e. The first-order chi connectivity index (χ1) is 8.27. The van der Waals surface area contributed by atoms with Crippen LogP contribution in [0.4, 0.5) is 0 Å². The number of benzene rings is 1. The molecule has 4 heteroatoms. The Labute approximate surface area is 110 Å². The molecule has 1 N–H and O–H groups in total. The van der Waals surface area contributed by atoms with Crippen LogP contribution < -0.4 is 0 Å². The van der Waals surface area contributed by atoms with Gasteiger partial charge in [-0.2, -0.15) is 0 Å². The van der Waals surface area contributed by atoms with Gasteiger partial charge in [0.05, 0.1) is 16.2 Å². The molecule has 0 aliphatic heterocycles. The summed E-state index contributed by atoms with van der Waals surface area (Å²) in [5.41, 5.74) is -0.974. The monoisotopic (exact) mass is 270 g/mol. The van der Waals surface area contributed by atoms with Gasteiger partial charge in [0, 0.05) is 5.92 Å². The lowest BCUT2D eigenvalue weighted by Crippen LogP contribution is -2.36. The highest BCUT2D eigenvalue weighted by Gasteiger charge is 2.31. The molecule has 0 amide bonds. The van der Waals surface area contributed by atoms with Gasteiger partial charge < -0.3 is 5.11 Å². The van der Waals surface area contributed by atoms with Gasteiger partial charge in [-0.05, 0) is 32.4 Å². The molecular formula is C14H22O3S. The number of sulfone groups is 1. The van der Waals surface area contributed by atoms with Crippen LogP contribution in [0.5, 0.6) is 0 Å². The van der Waals surface area contributed by atoms with Crippen LogP contribution in [-0.4, -0.2) is 24.9 Å². The molecule has 3 nitrogen and oxygen atoms in total. The quantitative estimate of drug-likeness (QED) is 0.864. The zero-order valence-electron chi connectivity index (χ0n) is 11.3. The average molecular weight is 270 g/mol. The molecular weight excluding hydrogens is 248 g/mol. The van der Waals surface area contributed by atoms with Crippen molar-refractivity contribution in [3.8, 4) is 0 Å². The van der Waals surface area contributed by atoms with E-state index in [4.69, 9.17) is 0 Å². The molecule has 18 heavy (non-hydrogen) atoms. The molecule has 102 valence electrons. The van der Waals surface area contributed by atoms with Crippen LogP contribution in [0.2, 0.25) is 0 Å². The Balaban J connectivity index is 2.94. The van der Waals surface area contributed by atoms with Gasteiger partial charge in [-0.15, -0.1) is 0 Å². The third-order valence-corrected chi connectivity index (χ3v) is 4.99. The predicted octanol–water partition coefficient (Wildman–Crippen LogP) is 2.65. The fraction of sp³-hybridized carbons (Fsp3) is 0.571. The number of aliphatic hydroxyl groups is 1. The minimum Gasteiger partial charge on any atom is -0.390 e. The summed E-state index contributed by atoms with van der Waals surface area (Å²) in [4.78, 5) is 0.329. The summed E-state index contributed by atoms with van der Waals surface area (Å²) in [5.74, 6) is -0.248. The van der Waals surface area contributed by atoms with E-state index in [0.717, 1.165) is 6.42 Å². The minimum absolute atomic E-state index is 0.00560. The van der Waals surface area contributed by atoms with E-state index >= 15 is 0 Å². The van der Waals surface area contributed by atoms with Gasteiger partial charge in [0.25, 0.3) is 0 Å². The topological polar surface area (TPSA) is 54.4 Å². The molecule has 0 radical (unpaired) electrons. The zero-order valence-corrected chi connectivity index (χ0v) is 12.1. The first-order valence-corrected chi connectivity index (χ1v) is 7.92. The van der Waals surface area contributed by atoms with Crippen molar-refractivity contribution in [2.75, 3.05) is 5.75 Å². The molecule has 0 aliphatic carbocycles. The van der Waals surface area contributed by atoms with E-state index in [2.05, 4.69) is 0 Å².